The van der Waals surface area contributed by atoms with Crippen LogP contribution in [0.5, 0.6) is 5.75 Å². The molecule has 3 aromatic rings. The molecular weight excluding hydrogens is 402 g/mol. The first-order valence-corrected chi connectivity index (χ1v) is 10.5. The zero-order chi connectivity index (χ0) is 20.9. The van der Waals surface area contributed by atoms with Gasteiger partial charge in [0.05, 0.1) is 10.9 Å². The van der Waals surface area contributed by atoms with Gasteiger partial charge in [0, 0.05) is 57.6 Å². The van der Waals surface area contributed by atoms with Gasteiger partial charge in [-0.1, -0.05) is 17.3 Å². The molecule has 0 spiro atoms. The van der Waals surface area contributed by atoms with Gasteiger partial charge in [-0.25, -0.2) is 9.78 Å². The average molecular weight is 428 g/mol. The molecule has 1 fully saturated rings. The topological polar surface area (TPSA) is 87.5 Å². The van der Waals surface area contributed by atoms with E-state index in [9.17, 15) is 4.79 Å². The van der Waals surface area contributed by atoms with E-state index in [0.717, 1.165) is 48.9 Å². The van der Waals surface area contributed by atoms with Crippen molar-refractivity contribution in [3.05, 3.63) is 65.6 Å². The van der Waals surface area contributed by atoms with Gasteiger partial charge in [0.25, 0.3) is 0 Å². The minimum Gasteiger partial charge on any atom is -0.410 e. The molecule has 1 amide bonds. The zero-order valence-corrected chi connectivity index (χ0v) is 17.7. The Balaban J connectivity index is 1.23. The second-order valence-electron chi connectivity index (χ2n) is 7.33. The first kappa shape index (κ1) is 20.5. The number of hydrogen-bond donors (Lipinski definition) is 2. The van der Waals surface area contributed by atoms with Crippen molar-refractivity contribution in [2.75, 3.05) is 32.7 Å². The van der Waals surface area contributed by atoms with Crippen molar-refractivity contribution in [3.8, 4) is 5.75 Å². The maximum atomic E-state index is 12.5. The van der Waals surface area contributed by atoms with Crippen LogP contribution in [0, 0.1) is 6.92 Å². The van der Waals surface area contributed by atoms with Crippen LogP contribution in [-0.2, 0) is 6.42 Å². The van der Waals surface area contributed by atoms with Crippen molar-refractivity contribution in [1.29, 1.82) is 0 Å². The SMILES string of the molecule is Cc1cc(CCN2CCN(C(=O)Oc3ccc(C(S)c4ncc[nH]4)cc3)CC2)on1. The Bertz CT molecular complexity index is 949. The van der Waals surface area contributed by atoms with E-state index in [-0.39, 0.29) is 11.3 Å². The number of nitrogens with zero attached hydrogens (tertiary/aromatic N) is 4. The van der Waals surface area contributed by atoms with Crippen LogP contribution in [0.2, 0.25) is 0 Å². The Morgan fingerprint density at radius 1 is 1.27 bits per heavy atom. The number of aryl methyl sites for hydroxylation is 1. The van der Waals surface area contributed by atoms with Crippen LogP contribution in [0.25, 0.3) is 0 Å². The molecular formula is C21H25N5O3S. The summed E-state index contributed by atoms with van der Waals surface area (Å²) in [4.78, 5) is 23.8. The molecule has 1 saturated heterocycles. The molecule has 3 heterocycles. The third-order valence-corrected chi connectivity index (χ3v) is 5.70. The summed E-state index contributed by atoms with van der Waals surface area (Å²) in [7, 11) is 0. The molecule has 8 nitrogen and oxygen atoms in total. The van der Waals surface area contributed by atoms with E-state index in [4.69, 9.17) is 9.26 Å². The van der Waals surface area contributed by atoms with Crippen molar-refractivity contribution < 1.29 is 14.1 Å². The van der Waals surface area contributed by atoms with Crippen LogP contribution >= 0.6 is 12.6 Å². The number of thiol groups is 1. The summed E-state index contributed by atoms with van der Waals surface area (Å²) >= 11 is 4.59. The van der Waals surface area contributed by atoms with Gasteiger partial charge in [-0.15, -0.1) is 0 Å². The normalized spacial score (nSPS) is 15.9. The Morgan fingerprint density at radius 3 is 2.67 bits per heavy atom. The molecule has 1 aliphatic rings. The van der Waals surface area contributed by atoms with Crippen LogP contribution < -0.4 is 4.74 Å². The van der Waals surface area contributed by atoms with Crippen LogP contribution in [0.3, 0.4) is 0 Å². The van der Waals surface area contributed by atoms with E-state index in [1.54, 1.807) is 29.4 Å². The average Bonchev–Trinajstić information content (AvgIpc) is 3.44. The standard InChI is InChI=1S/C21H25N5O3S/c1-15-14-18(29-24-15)6-9-25-10-12-26(13-11-25)21(27)28-17-4-2-16(3-5-17)19(30)20-22-7-8-23-20/h2-5,7-8,14,19,30H,6,9-13H2,1H3,(H,22,23). The lowest BCUT2D eigenvalue weighted by Crippen LogP contribution is -2.49. The van der Waals surface area contributed by atoms with Gasteiger partial charge in [0.2, 0.25) is 0 Å². The predicted molar refractivity (Wildman–Crippen MR) is 115 cm³/mol. The molecule has 1 atom stereocenters. The molecule has 0 bridgehead atoms. The van der Waals surface area contributed by atoms with Crippen LogP contribution in [-0.4, -0.2) is 63.7 Å². The highest BCUT2D eigenvalue weighted by Crippen LogP contribution is 2.27. The Morgan fingerprint density at radius 2 is 2.03 bits per heavy atom. The number of carbonyl (C=O) groups excluding carboxylic acids is 1. The predicted octanol–water partition coefficient (Wildman–Crippen LogP) is 3.08. The molecule has 158 valence electrons. The fourth-order valence-electron chi connectivity index (χ4n) is 3.42. The number of rotatable bonds is 6. The van der Waals surface area contributed by atoms with Crippen molar-refractivity contribution >= 4 is 18.7 Å². The summed E-state index contributed by atoms with van der Waals surface area (Å²) in [5, 5.41) is 3.76. The van der Waals surface area contributed by atoms with Gasteiger partial charge in [0.15, 0.2) is 0 Å². The van der Waals surface area contributed by atoms with E-state index < -0.39 is 0 Å². The molecule has 30 heavy (non-hydrogen) atoms. The lowest BCUT2D eigenvalue weighted by Gasteiger charge is -2.33. The van der Waals surface area contributed by atoms with Crippen molar-refractivity contribution in [3.63, 3.8) is 0 Å². The van der Waals surface area contributed by atoms with E-state index >= 15 is 0 Å². The molecule has 1 aliphatic heterocycles. The van der Waals surface area contributed by atoms with Crippen molar-refractivity contribution in [1.82, 2.24) is 24.9 Å². The number of piperazine rings is 1. The van der Waals surface area contributed by atoms with Crippen LogP contribution in [0.4, 0.5) is 4.79 Å². The summed E-state index contributed by atoms with van der Waals surface area (Å²) in [5.41, 5.74) is 1.88. The van der Waals surface area contributed by atoms with Gasteiger partial charge < -0.3 is 19.1 Å². The largest absolute Gasteiger partial charge is 0.415 e. The number of aromatic nitrogens is 3. The van der Waals surface area contributed by atoms with Gasteiger partial charge in [0.1, 0.15) is 17.3 Å². The first-order valence-electron chi connectivity index (χ1n) is 9.97. The summed E-state index contributed by atoms with van der Waals surface area (Å²) in [6.07, 6.45) is 3.97. The second kappa shape index (κ2) is 9.36. The van der Waals surface area contributed by atoms with E-state index in [0.29, 0.717) is 18.8 Å². The number of H-pyrrole nitrogens is 1. The first-order chi connectivity index (χ1) is 14.6. The maximum Gasteiger partial charge on any atom is 0.415 e. The number of ether oxygens (including phenoxy) is 1. The van der Waals surface area contributed by atoms with Gasteiger partial charge in [-0.05, 0) is 24.6 Å². The number of amides is 1. The quantitative estimate of drug-likeness (QED) is 0.588. The molecule has 1 aromatic carbocycles. The number of carbonyl (C=O) groups is 1. The molecule has 0 aliphatic carbocycles. The number of hydrogen-bond acceptors (Lipinski definition) is 7. The third kappa shape index (κ3) is 5.03. The molecule has 0 radical (unpaired) electrons. The summed E-state index contributed by atoms with van der Waals surface area (Å²) < 4.78 is 10.8. The zero-order valence-electron chi connectivity index (χ0n) is 16.8. The summed E-state index contributed by atoms with van der Waals surface area (Å²) in [5.74, 6) is 2.19. The van der Waals surface area contributed by atoms with Crippen molar-refractivity contribution in [2.24, 2.45) is 0 Å². The van der Waals surface area contributed by atoms with E-state index in [1.807, 2.05) is 25.1 Å². The Kier molecular flexibility index (Phi) is 6.39. The third-order valence-electron chi connectivity index (χ3n) is 5.16. The highest BCUT2D eigenvalue weighted by Gasteiger charge is 2.23. The van der Waals surface area contributed by atoms with Gasteiger partial charge in [-0.2, -0.15) is 12.6 Å². The number of aromatic amines is 1. The number of nitrogens with one attached hydrogen (secondary N) is 1. The minimum atomic E-state index is -0.318. The van der Waals surface area contributed by atoms with Crippen molar-refractivity contribution in [2.45, 2.75) is 18.6 Å². The molecule has 2 aromatic heterocycles. The number of benzene rings is 1. The molecule has 9 heteroatoms. The smallest absolute Gasteiger partial charge is 0.410 e. The minimum absolute atomic E-state index is 0.154. The number of imidazole rings is 1. The maximum absolute atomic E-state index is 12.5. The lowest BCUT2D eigenvalue weighted by atomic mass is 10.1. The molecule has 4 rings (SSSR count). The van der Waals surface area contributed by atoms with Crippen LogP contribution in [0.1, 0.15) is 28.1 Å². The summed E-state index contributed by atoms with van der Waals surface area (Å²) in [6, 6.07) is 9.32. The lowest BCUT2D eigenvalue weighted by molar-refractivity contribution is 0.110. The molecule has 1 unspecified atom stereocenters. The highest BCUT2D eigenvalue weighted by molar-refractivity contribution is 7.80. The fraction of sp³-hybridized carbons (Fsp3) is 0.381. The highest BCUT2D eigenvalue weighted by atomic mass is 32.1. The monoisotopic (exact) mass is 427 g/mol. The van der Waals surface area contributed by atoms with E-state index in [1.165, 1.54) is 0 Å². The van der Waals surface area contributed by atoms with Gasteiger partial charge in [-0.3, -0.25) is 4.90 Å². The second-order valence-corrected chi connectivity index (χ2v) is 7.84. The molecule has 1 N–H and O–H groups in total. The van der Waals surface area contributed by atoms with Crippen LogP contribution in [0.15, 0.2) is 47.2 Å². The Labute approximate surface area is 180 Å². The molecule has 0 saturated carbocycles. The summed E-state index contributed by atoms with van der Waals surface area (Å²) in [6.45, 7) is 5.71. The Hall–Kier alpha value is -2.78. The fourth-order valence-corrected chi connectivity index (χ4v) is 3.74. The van der Waals surface area contributed by atoms with Gasteiger partial charge >= 0.3 is 6.09 Å². The van der Waals surface area contributed by atoms with E-state index in [2.05, 4.69) is 32.7 Å².